The molecule has 0 aliphatic carbocycles. The number of aryl methyl sites for hydroxylation is 1. The van der Waals surface area contributed by atoms with E-state index in [0.717, 1.165) is 36.5 Å². The molecule has 3 aliphatic rings. The highest BCUT2D eigenvalue weighted by Gasteiger charge is 2.52. The number of fused-ring (bicyclic) bond motifs is 5. The van der Waals surface area contributed by atoms with Crippen LogP contribution >= 0.6 is 23.4 Å². The SMILES string of the molecule is CCSc1nc2c3c(nc(Cl)c(F)c3n1)CC[C@H](C)[C@H]1[C@@H]3CC[C@H](CN21)N3C(=O)OC(C)(C)C. The number of nitrogens with zero attached hydrogens (tertiary/aromatic N) is 5. The van der Waals surface area contributed by atoms with E-state index in [2.05, 4.69) is 21.8 Å². The molecule has 2 aromatic heterocycles. The van der Waals surface area contributed by atoms with Crippen LogP contribution in [-0.2, 0) is 11.2 Å². The Hall–Kier alpha value is -1.87. The molecule has 0 unspecified atom stereocenters. The van der Waals surface area contributed by atoms with E-state index in [4.69, 9.17) is 21.3 Å². The first-order valence-corrected chi connectivity index (χ1v) is 13.4. The van der Waals surface area contributed by atoms with Gasteiger partial charge in [0.15, 0.2) is 16.1 Å². The molecule has 0 spiro atoms. The molecule has 4 atom stereocenters. The van der Waals surface area contributed by atoms with Gasteiger partial charge in [-0.15, -0.1) is 0 Å². The molecule has 2 saturated heterocycles. The summed E-state index contributed by atoms with van der Waals surface area (Å²) in [5, 5.41) is 1.05. The fourth-order valence-corrected chi connectivity index (χ4v) is 6.55. The van der Waals surface area contributed by atoms with Crippen molar-refractivity contribution in [2.45, 2.75) is 89.2 Å². The van der Waals surface area contributed by atoms with E-state index in [1.165, 1.54) is 11.8 Å². The maximum absolute atomic E-state index is 15.2. The molecule has 184 valence electrons. The van der Waals surface area contributed by atoms with E-state index in [1.807, 2.05) is 32.6 Å². The number of hydrogen-bond donors (Lipinski definition) is 0. The van der Waals surface area contributed by atoms with Crippen molar-refractivity contribution in [2.24, 2.45) is 5.92 Å². The molecule has 3 aliphatic heterocycles. The number of pyridine rings is 1. The lowest BCUT2D eigenvalue weighted by atomic mass is 9.85. The number of hydrogen-bond acceptors (Lipinski definition) is 7. The number of rotatable bonds is 2. The van der Waals surface area contributed by atoms with Gasteiger partial charge in [-0.1, -0.05) is 37.2 Å². The van der Waals surface area contributed by atoms with E-state index in [-0.39, 0.29) is 40.8 Å². The minimum absolute atomic E-state index is 0.0162. The van der Waals surface area contributed by atoms with Crippen LogP contribution in [0.3, 0.4) is 0 Å². The van der Waals surface area contributed by atoms with Crippen molar-refractivity contribution >= 4 is 46.2 Å². The molecule has 0 N–H and O–H groups in total. The average molecular weight is 508 g/mol. The second-order valence-corrected chi connectivity index (χ2v) is 12.1. The van der Waals surface area contributed by atoms with Crippen molar-refractivity contribution in [3.63, 3.8) is 0 Å². The van der Waals surface area contributed by atoms with Crippen LogP contribution in [0.4, 0.5) is 15.0 Å². The summed E-state index contributed by atoms with van der Waals surface area (Å²) in [6, 6.07) is 0.0851. The Balaban J connectivity index is 1.65. The van der Waals surface area contributed by atoms with Crippen LogP contribution in [0, 0.1) is 11.7 Å². The van der Waals surface area contributed by atoms with Crippen molar-refractivity contribution in [1.82, 2.24) is 19.9 Å². The Morgan fingerprint density at radius 3 is 2.71 bits per heavy atom. The summed E-state index contributed by atoms with van der Waals surface area (Å²) in [5.74, 6) is 1.16. The smallest absolute Gasteiger partial charge is 0.410 e. The maximum Gasteiger partial charge on any atom is 0.410 e. The van der Waals surface area contributed by atoms with Gasteiger partial charge in [0.05, 0.1) is 29.2 Å². The summed E-state index contributed by atoms with van der Waals surface area (Å²) in [4.78, 5) is 31.3. The van der Waals surface area contributed by atoms with Gasteiger partial charge in [-0.2, -0.15) is 0 Å². The summed E-state index contributed by atoms with van der Waals surface area (Å²) in [7, 11) is 0. The lowest BCUT2D eigenvalue weighted by Gasteiger charge is -2.50. The van der Waals surface area contributed by atoms with Crippen LogP contribution in [0.15, 0.2) is 5.16 Å². The number of aromatic nitrogens is 3. The summed E-state index contributed by atoms with van der Waals surface area (Å²) in [6.07, 6.45) is 3.08. The third-order valence-corrected chi connectivity index (χ3v) is 8.04. The average Bonchev–Trinajstić information content (AvgIpc) is 3.06. The van der Waals surface area contributed by atoms with E-state index < -0.39 is 11.4 Å². The van der Waals surface area contributed by atoms with Gasteiger partial charge in [0.2, 0.25) is 0 Å². The number of anilines is 1. The fourth-order valence-electron chi connectivity index (χ4n) is 5.79. The van der Waals surface area contributed by atoms with Crippen molar-refractivity contribution in [3.05, 3.63) is 16.7 Å². The lowest BCUT2D eigenvalue weighted by molar-refractivity contribution is 0.00452. The molecule has 10 heteroatoms. The molecule has 1 amide bonds. The van der Waals surface area contributed by atoms with Gasteiger partial charge in [0, 0.05) is 6.54 Å². The van der Waals surface area contributed by atoms with E-state index in [1.54, 1.807) is 0 Å². The van der Waals surface area contributed by atoms with Crippen molar-refractivity contribution in [3.8, 4) is 0 Å². The number of ether oxygens (including phenoxy) is 1. The quantitative estimate of drug-likeness (QED) is 0.303. The lowest BCUT2D eigenvalue weighted by Crippen LogP contribution is -2.64. The van der Waals surface area contributed by atoms with Gasteiger partial charge >= 0.3 is 6.09 Å². The number of halogens is 2. The van der Waals surface area contributed by atoms with Crippen molar-refractivity contribution < 1.29 is 13.9 Å². The van der Waals surface area contributed by atoms with Crippen LogP contribution in [0.5, 0.6) is 0 Å². The predicted molar refractivity (Wildman–Crippen MR) is 132 cm³/mol. The highest BCUT2D eigenvalue weighted by molar-refractivity contribution is 7.99. The number of amides is 1. The molecule has 34 heavy (non-hydrogen) atoms. The standard InChI is InChI=1S/C24H31ClFN5O2S/c1-6-34-22-28-18-16-14(27-20(25)17(18)26)9-7-12(2)19-15-10-8-13(11-30(19)21(16)29-22)31(15)23(32)33-24(3,4)5/h12-13,15,19H,6-11H2,1-5H3/t12-,13+,15-,19-/m0/s1. The highest BCUT2D eigenvalue weighted by Crippen LogP contribution is 2.45. The Bertz CT molecular complexity index is 1140. The molecular formula is C24H31ClFN5O2S. The van der Waals surface area contributed by atoms with Crippen LogP contribution in [0.25, 0.3) is 10.9 Å². The van der Waals surface area contributed by atoms with Gasteiger partial charge in [0.25, 0.3) is 0 Å². The normalized spacial score (nSPS) is 26.3. The fraction of sp³-hybridized carbons (Fsp3) is 0.667. The van der Waals surface area contributed by atoms with Crippen molar-refractivity contribution in [2.75, 3.05) is 17.2 Å². The molecule has 2 bridgehead atoms. The van der Waals surface area contributed by atoms with Gasteiger partial charge < -0.3 is 9.64 Å². The molecule has 0 saturated carbocycles. The van der Waals surface area contributed by atoms with E-state index >= 15 is 4.39 Å². The number of carbonyl (C=O) groups is 1. The predicted octanol–water partition coefficient (Wildman–Crippen LogP) is 5.47. The maximum atomic E-state index is 15.2. The summed E-state index contributed by atoms with van der Waals surface area (Å²) in [5.41, 5.74) is 0.440. The largest absolute Gasteiger partial charge is 0.444 e. The van der Waals surface area contributed by atoms with Crippen LogP contribution in [-0.4, -0.2) is 62.0 Å². The Morgan fingerprint density at radius 2 is 2.00 bits per heavy atom. The third-order valence-electron chi connectivity index (χ3n) is 7.06. The van der Waals surface area contributed by atoms with Crippen LogP contribution in [0.1, 0.15) is 59.6 Å². The van der Waals surface area contributed by atoms with Crippen LogP contribution < -0.4 is 4.90 Å². The second-order valence-electron chi connectivity index (χ2n) is 10.5. The Labute approximate surface area is 208 Å². The zero-order valence-corrected chi connectivity index (χ0v) is 21.8. The molecular weight excluding hydrogens is 477 g/mol. The molecule has 5 rings (SSSR count). The van der Waals surface area contributed by atoms with Gasteiger partial charge in [-0.3, -0.25) is 4.90 Å². The number of carbonyl (C=O) groups excluding carboxylic acids is 1. The number of thioether (sulfide) groups is 1. The Kier molecular flexibility index (Phi) is 6.07. The topological polar surface area (TPSA) is 71.5 Å². The summed E-state index contributed by atoms with van der Waals surface area (Å²) in [6.45, 7) is 10.6. The zero-order valence-electron chi connectivity index (χ0n) is 20.3. The molecule has 5 heterocycles. The molecule has 0 aromatic carbocycles. The van der Waals surface area contributed by atoms with Crippen molar-refractivity contribution in [1.29, 1.82) is 0 Å². The van der Waals surface area contributed by atoms with Crippen LogP contribution in [0.2, 0.25) is 5.15 Å². The first kappa shape index (κ1) is 23.9. The number of piperazine rings is 1. The molecule has 2 fully saturated rings. The zero-order chi connectivity index (χ0) is 24.4. The summed E-state index contributed by atoms with van der Waals surface area (Å²) >= 11 is 7.67. The van der Waals surface area contributed by atoms with E-state index in [9.17, 15) is 4.79 Å². The minimum Gasteiger partial charge on any atom is -0.444 e. The Morgan fingerprint density at radius 1 is 1.24 bits per heavy atom. The second kappa shape index (κ2) is 8.66. The molecule has 0 radical (unpaired) electrons. The molecule has 7 nitrogen and oxygen atoms in total. The monoisotopic (exact) mass is 507 g/mol. The summed E-state index contributed by atoms with van der Waals surface area (Å²) < 4.78 is 21.0. The minimum atomic E-state index is -0.595. The van der Waals surface area contributed by atoms with E-state index in [0.29, 0.717) is 23.5 Å². The van der Waals surface area contributed by atoms with Gasteiger partial charge in [-0.05, 0) is 58.1 Å². The third kappa shape index (κ3) is 3.98. The molecule has 2 aromatic rings. The highest BCUT2D eigenvalue weighted by atomic mass is 35.5. The van der Waals surface area contributed by atoms with Gasteiger partial charge in [0.1, 0.15) is 16.9 Å². The van der Waals surface area contributed by atoms with Gasteiger partial charge in [-0.25, -0.2) is 24.1 Å². The first-order valence-electron chi connectivity index (χ1n) is 12.1. The first-order chi connectivity index (χ1) is 16.1.